The van der Waals surface area contributed by atoms with Crippen molar-refractivity contribution in [1.29, 1.82) is 0 Å². The van der Waals surface area contributed by atoms with Gasteiger partial charge >= 0.3 is 0 Å². The van der Waals surface area contributed by atoms with Crippen LogP contribution in [0.3, 0.4) is 0 Å². The minimum atomic E-state index is -0.247. The Balaban J connectivity index is 1.59. The van der Waals surface area contributed by atoms with Gasteiger partial charge in [0.15, 0.2) is 5.96 Å². The zero-order valence-corrected chi connectivity index (χ0v) is 15.7. The zero-order chi connectivity index (χ0) is 17.6. The Kier molecular flexibility index (Phi) is 6.54. The average molecular weight is 367 g/mol. The normalized spacial score (nSPS) is 22.0. The van der Waals surface area contributed by atoms with E-state index in [-0.39, 0.29) is 5.82 Å². The first-order valence-electron chi connectivity index (χ1n) is 9.39. The Morgan fingerprint density at radius 1 is 1.32 bits per heavy atom. The number of rotatable bonds is 5. The molecule has 2 saturated heterocycles. The van der Waals surface area contributed by atoms with Crippen LogP contribution in [0.5, 0.6) is 0 Å². The SMILES string of the molecule is CCNC(=NCCc1c(F)cccc1Cl)N1CCC(N2CCCC2)C1. The van der Waals surface area contributed by atoms with Crippen LogP contribution in [0.2, 0.25) is 5.02 Å². The summed E-state index contributed by atoms with van der Waals surface area (Å²) in [5.41, 5.74) is 0.556. The molecule has 0 amide bonds. The largest absolute Gasteiger partial charge is 0.357 e. The van der Waals surface area contributed by atoms with Crippen molar-refractivity contribution >= 4 is 17.6 Å². The molecule has 25 heavy (non-hydrogen) atoms. The lowest BCUT2D eigenvalue weighted by atomic mass is 10.1. The molecule has 0 radical (unpaired) electrons. The molecule has 1 N–H and O–H groups in total. The minimum Gasteiger partial charge on any atom is -0.357 e. The van der Waals surface area contributed by atoms with Crippen LogP contribution in [0.4, 0.5) is 4.39 Å². The van der Waals surface area contributed by atoms with Gasteiger partial charge in [-0.25, -0.2) is 4.39 Å². The molecule has 0 spiro atoms. The van der Waals surface area contributed by atoms with Crippen LogP contribution in [-0.2, 0) is 6.42 Å². The van der Waals surface area contributed by atoms with Crippen LogP contribution >= 0.6 is 11.6 Å². The number of halogens is 2. The van der Waals surface area contributed by atoms with E-state index in [4.69, 9.17) is 16.6 Å². The molecular weight excluding hydrogens is 339 g/mol. The number of nitrogens with one attached hydrogen (secondary N) is 1. The predicted octanol–water partition coefficient (Wildman–Crippen LogP) is 3.16. The maximum absolute atomic E-state index is 13.9. The second-order valence-corrected chi connectivity index (χ2v) is 7.22. The summed E-state index contributed by atoms with van der Waals surface area (Å²) in [4.78, 5) is 9.68. The van der Waals surface area contributed by atoms with Gasteiger partial charge in [-0.3, -0.25) is 9.89 Å². The molecular formula is C19H28ClFN4. The van der Waals surface area contributed by atoms with Gasteiger partial charge in [0, 0.05) is 42.8 Å². The van der Waals surface area contributed by atoms with E-state index in [9.17, 15) is 4.39 Å². The Morgan fingerprint density at radius 3 is 2.84 bits per heavy atom. The van der Waals surface area contributed by atoms with Crippen molar-refractivity contribution in [2.75, 3.05) is 39.3 Å². The average Bonchev–Trinajstić information content (AvgIpc) is 3.27. The van der Waals surface area contributed by atoms with Gasteiger partial charge in [-0.15, -0.1) is 0 Å². The maximum Gasteiger partial charge on any atom is 0.193 e. The van der Waals surface area contributed by atoms with E-state index in [0.29, 0.717) is 29.6 Å². The zero-order valence-electron chi connectivity index (χ0n) is 15.0. The quantitative estimate of drug-likeness (QED) is 0.641. The number of nitrogens with zero attached hydrogens (tertiary/aromatic N) is 3. The topological polar surface area (TPSA) is 30.9 Å². The van der Waals surface area contributed by atoms with Crippen LogP contribution in [0.25, 0.3) is 0 Å². The van der Waals surface area contributed by atoms with E-state index >= 15 is 0 Å². The Bertz CT molecular complexity index is 581. The first kappa shape index (κ1) is 18.5. The van der Waals surface area contributed by atoms with Gasteiger partial charge in [0.25, 0.3) is 0 Å². The van der Waals surface area contributed by atoms with Crippen molar-refractivity contribution in [2.24, 2.45) is 4.99 Å². The summed E-state index contributed by atoms with van der Waals surface area (Å²) in [6, 6.07) is 5.47. The van der Waals surface area contributed by atoms with Crippen LogP contribution in [0.1, 0.15) is 31.7 Å². The van der Waals surface area contributed by atoms with Crippen molar-refractivity contribution in [3.8, 4) is 0 Å². The van der Waals surface area contributed by atoms with Gasteiger partial charge in [-0.05, 0) is 57.8 Å². The van der Waals surface area contributed by atoms with Gasteiger partial charge in [0.2, 0.25) is 0 Å². The van der Waals surface area contributed by atoms with E-state index in [0.717, 1.165) is 25.6 Å². The number of hydrogen-bond acceptors (Lipinski definition) is 2. The number of hydrogen-bond donors (Lipinski definition) is 1. The number of benzene rings is 1. The van der Waals surface area contributed by atoms with Gasteiger partial charge in [0.1, 0.15) is 5.82 Å². The molecule has 138 valence electrons. The fraction of sp³-hybridized carbons (Fsp3) is 0.632. The molecule has 2 heterocycles. The van der Waals surface area contributed by atoms with Gasteiger partial charge < -0.3 is 10.2 Å². The van der Waals surface area contributed by atoms with Crippen molar-refractivity contribution < 1.29 is 4.39 Å². The summed E-state index contributed by atoms with van der Waals surface area (Å²) in [6.07, 6.45) is 4.37. The predicted molar refractivity (Wildman–Crippen MR) is 102 cm³/mol. The summed E-state index contributed by atoms with van der Waals surface area (Å²) >= 11 is 6.10. The molecule has 2 fully saturated rings. The lowest BCUT2D eigenvalue weighted by Gasteiger charge is -2.25. The molecule has 3 rings (SSSR count). The summed E-state index contributed by atoms with van der Waals surface area (Å²) in [5.74, 6) is 0.694. The molecule has 0 saturated carbocycles. The van der Waals surface area contributed by atoms with E-state index in [2.05, 4.69) is 22.0 Å². The highest BCUT2D eigenvalue weighted by Gasteiger charge is 2.30. The standard InChI is InChI=1S/C19H28ClFN4/c1-2-22-19(23-10-8-16-17(20)6-5-7-18(16)21)25-13-9-15(14-25)24-11-3-4-12-24/h5-7,15H,2-4,8-14H2,1H3,(H,22,23). The Hall–Kier alpha value is -1.33. The van der Waals surface area contributed by atoms with Crippen molar-refractivity contribution in [3.63, 3.8) is 0 Å². The highest BCUT2D eigenvalue weighted by Crippen LogP contribution is 2.21. The Labute approximate surface area is 155 Å². The van der Waals surface area contributed by atoms with E-state index in [1.807, 2.05) is 0 Å². The minimum absolute atomic E-state index is 0.247. The molecule has 0 aliphatic carbocycles. The fourth-order valence-electron chi connectivity index (χ4n) is 3.81. The lowest BCUT2D eigenvalue weighted by Crippen LogP contribution is -2.42. The van der Waals surface area contributed by atoms with Gasteiger partial charge in [0.05, 0.1) is 0 Å². The Morgan fingerprint density at radius 2 is 2.12 bits per heavy atom. The summed E-state index contributed by atoms with van der Waals surface area (Å²) in [5, 5.41) is 3.86. The molecule has 4 nitrogen and oxygen atoms in total. The van der Waals surface area contributed by atoms with Crippen molar-refractivity contribution in [3.05, 3.63) is 34.6 Å². The monoisotopic (exact) mass is 366 g/mol. The molecule has 1 atom stereocenters. The van der Waals surface area contributed by atoms with E-state index in [1.54, 1.807) is 12.1 Å². The molecule has 1 unspecified atom stereocenters. The molecule has 0 bridgehead atoms. The highest BCUT2D eigenvalue weighted by molar-refractivity contribution is 6.31. The third-order valence-electron chi connectivity index (χ3n) is 5.14. The van der Waals surface area contributed by atoms with Crippen LogP contribution in [-0.4, -0.2) is 61.1 Å². The molecule has 1 aromatic rings. The van der Waals surface area contributed by atoms with E-state index < -0.39 is 0 Å². The number of guanidine groups is 1. The smallest absolute Gasteiger partial charge is 0.193 e. The molecule has 6 heteroatoms. The summed E-state index contributed by atoms with van der Waals surface area (Å²) in [6.45, 7) is 7.99. The molecule has 2 aliphatic rings. The summed E-state index contributed by atoms with van der Waals surface area (Å²) < 4.78 is 13.9. The molecule has 1 aromatic carbocycles. The second kappa shape index (κ2) is 8.86. The van der Waals surface area contributed by atoms with E-state index in [1.165, 1.54) is 38.4 Å². The molecule has 0 aromatic heterocycles. The fourth-order valence-corrected chi connectivity index (χ4v) is 4.07. The first-order valence-corrected chi connectivity index (χ1v) is 9.77. The number of likely N-dealkylation sites (tertiary alicyclic amines) is 2. The first-order chi connectivity index (χ1) is 12.2. The van der Waals surface area contributed by atoms with Gasteiger partial charge in [-0.1, -0.05) is 17.7 Å². The van der Waals surface area contributed by atoms with Crippen molar-refractivity contribution in [2.45, 2.75) is 38.6 Å². The third-order valence-corrected chi connectivity index (χ3v) is 5.49. The van der Waals surface area contributed by atoms with Gasteiger partial charge in [-0.2, -0.15) is 0 Å². The molecule has 2 aliphatic heterocycles. The summed E-state index contributed by atoms with van der Waals surface area (Å²) in [7, 11) is 0. The third kappa shape index (κ3) is 4.64. The second-order valence-electron chi connectivity index (χ2n) is 6.82. The van der Waals surface area contributed by atoms with Crippen LogP contribution in [0.15, 0.2) is 23.2 Å². The highest BCUT2D eigenvalue weighted by atomic mass is 35.5. The lowest BCUT2D eigenvalue weighted by molar-refractivity contribution is 0.249. The van der Waals surface area contributed by atoms with Crippen molar-refractivity contribution in [1.82, 2.24) is 15.1 Å². The maximum atomic E-state index is 13.9. The number of aliphatic imine (C=N–C) groups is 1. The van der Waals surface area contributed by atoms with Crippen LogP contribution < -0.4 is 5.32 Å². The van der Waals surface area contributed by atoms with Crippen LogP contribution in [0, 0.1) is 5.82 Å².